The third-order valence-corrected chi connectivity index (χ3v) is 9.17. The topological polar surface area (TPSA) is 132 Å². The van der Waals surface area contributed by atoms with Crippen LogP contribution in [0.25, 0.3) is 0 Å². The zero-order chi connectivity index (χ0) is 33.5. The molecule has 248 valence electrons. The Morgan fingerprint density at radius 2 is 1.42 bits per heavy atom. The van der Waals surface area contributed by atoms with Gasteiger partial charge in [0.25, 0.3) is 10.0 Å². The highest BCUT2D eigenvalue weighted by Crippen LogP contribution is 2.35. The normalized spacial score (nSPS) is 13.8. The molecule has 0 bridgehead atoms. The van der Waals surface area contributed by atoms with Crippen LogP contribution >= 0.6 is 0 Å². The first-order chi connectivity index (χ1) is 21.2. The highest BCUT2D eigenvalue weighted by Gasteiger charge is 2.33. The van der Waals surface area contributed by atoms with Gasteiger partial charge in [-0.15, -0.1) is 4.83 Å². The Morgan fingerprint density at radius 1 is 0.867 bits per heavy atom. The van der Waals surface area contributed by atoms with Gasteiger partial charge in [-0.05, 0) is 66.0 Å². The van der Waals surface area contributed by atoms with Crippen LogP contribution in [-0.4, -0.2) is 80.6 Å². The Balaban J connectivity index is 2.04. The Kier molecular flexibility index (Phi) is 12.4. The molecule has 0 atom stereocenters. The maximum Gasteiger partial charge on any atom is 0.409 e. The second-order valence-corrected chi connectivity index (χ2v) is 13.7. The van der Waals surface area contributed by atoms with Gasteiger partial charge in [-0.1, -0.05) is 65.8 Å². The number of urea groups is 1. The monoisotopic (exact) mass is 643 g/mol. The van der Waals surface area contributed by atoms with Gasteiger partial charge >= 0.3 is 12.1 Å². The minimum absolute atomic E-state index is 0.0127. The molecule has 0 spiro atoms. The van der Waals surface area contributed by atoms with Gasteiger partial charge in [0.2, 0.25) is 5.90 Å². The molecule has 1 aliphatic rings. The molecule has 1 aliphatic heterocycles. The number of rotatable bonds is 11. The lowest BCUT2D eigenvalue weighted by Gasteiger charge is -2.37. The van der Waals surface area contributed by atoms with E-state index in [9.17, 15) is 18.0 Å². The van der Waals surface area contributed by atoms with E-state index in [1.54, 1.807) is 38.1 Å². The molecule has 0 radical (unpaired) electrons. The summed E-state index contributed by atoms with van der Waals surface area (Å²) in [5, 5.41) is 9.32. The van der Waals surface area contributed by atoms with Gasteiger partial charge in [-0.2, -0.15) is 0 Å². The largest absolute Gasteiger partial charge is 0.478 e. The van der Waals surface area contributed by atoms with E-state index in [2.05, 4.69) is 18.7 Å². The number of carbonyl (C=O) groups is 2. The quantitative estimate of drug-likeness (QED) is 0.175. The maximum absolute atomic E-state index is 14.4. The predicted molar refractivity (Wildman–Crippen MR) is 175 cm³/mol. The molecule has 1 heterocycles. The van der Waals surface area contributed by atoms with Crippen molar-refractivity contribution in [2.75, 3.05) is 39.4 Å². The minimum Gasteiger partial charge on any atom is -0.478 e. The lowest BCUT2D eigenvalue weighted by Crippen LogP contribution is -2.57. The van der Waals surface area contributed by atoms with Crippen molar-refractivity contribution in [1.82, 2.24) is 19.6 Å². The van der Waals surface area contributed by atoms with Crippen molar-refractivity contribution in [1.29, 1.82) is 5.41 Å². The molecule has 1 saturated heterocycles. The molecule has 1 fully saturated rings. The lowest BCUT2D eigenvalue weighted by atomic mass is 9.89. The van der Waals surface area contributed by atoms with Crippen LogP contribution in [0.2, 0.25) is 0 Å². The number of piperazine rings is 1. The summed E-state index contributed by atoms with van der Waals surface area (Å²) in [7, 11) is -4.25. The summed E-state index contributed by atoms with van der Waals surface area (Å²) in [6.45, 7) is 17.0. The van der Waals surface area contributed by atoms with E-state index in [1.165, 1.54) is 9.80 Å². The Bertz CT molecular complexity index is 1440. The second-order valence-electron chi connectivity index (χ2n) is 12.1. The smallest absolute Gasteiger partial charge is 0.409 e. The van der Waals surface area contributed by atoms with Crippen LogP contribution in [0, 0.1) is 5.41 Å². The fourth-order valence-electron chi connectivity index (χ4n) is 5.22. The minimum atomic E-state index is -4.25. The zero-order valence-electron chi connectivity index (χ0n) is 27.8. The number of hydrogen-bond donors (Lipinski definition) is 2. The fourth-order valence-corrected chi connectivity index (χ4v) is 6.95. The number of carbonyl (C=O) groups excluding carboxylic acids is 2. The average molecular weight is 644 g/mol. The number of nitrogens with one attached hydrogen (secondary N) is 2. The molecule has 12 heteroatoms. The molecular formula is C33H49N5O6S. The predicted octanol–water partition coefficient (Wildman–Crippen LogP) is 6.01. The van der Waals surface area contributed by atoms with Crippen molar-refractivity contribution < 1.29 is 27.5 Å². The van der Waals surface area contributed by atoms with Gasteiger partial charge < -0.3 is 19.3 Å². The van der Waals surface area contributed by atoms with Gasteiger partial charge in [0.1, 0.15) is 0 Å². The molecular weight excluding hydrogens is 594 g/mol. The van der Waals surface area contributed by atoms with Crippen molar-refractivity contribution in [3.63, 3.8) is 0 Å². The Labute approximate surface area is 268 Å². The highest BCUT2D eigenvalue weighted by molar-refractivity contribution is 7.89. The van der Waals surface area contributed by atoms with Gasteiger partial charge in [0.05, 0.1) is 24.7 Å². The summed E-state index contributed by atoms with van der Waals surface area (Å²) in [6.07, 6.45) is -0.442. The van der Waals surface area contributed by atoms with Crippen molar-refractivity contribution in [3.8, 4) is 0 Å². The first-order valence-electron chi connectivity index (χ1n) is 15.7. The summed E-state index contributed by atoms with van der Waals surface area (Å²) in [5.74, 6) is 0.0170. The second kappa shape index (κ2) is 15.6. The highest BCUT2D eigenvalue weighted by atomic mass is 32.2. The third kappa shape index (κ3) is 8.97. The van der Waals surface area contributed by atoms with E-state index in [-0.39, 0.29) is 67.9 Å². The van der Waals surface area contributed by atoms with Crippen LogP contribution in [0.5, 0.6) is 0 Å². The van der Waals surface area contributed by atoms with Gasteiger partial charge in [-0.3, -0.25) is 5.41 Å². The molecule has 2 aromatic carbocycles. The van der Waals surface area contributed by atoms with E-state index in [0.29, 0.717) is 28.9 Å². The van der Waals surface area contributed by atoms with Crippen LogP contribution in [-0.2, 0) is 26.0 Å². The number of benzene rings is 2. The summed E-state index contributed by atoms with van der Waals surface area (Å²) in [4.78, 5) is 32.2. The summed E-state index contributed by atoms with van der Waals surface area (Å²) < 4.78 is 39.2. The molecule has 45 heavy (non-hydrogen) atoms. The van der Waals surface area contributed by atoms with E-state index < -0.39 is 22.1 Å². The van der Waals surface area contributed by atoms with Gasteiger partial charge in [0, 0.05) is 31.7 Å². The molecule has 0 aliphatic carbocycles. The van der Waals surface area contributed by atoms with E-state index in [0.717, 1.165) is 10.6 Å². The van der Waals surface area contributed by atoms with Crippen LogP contribution in [0.4, 0.5) is 9.59 Å². The molecule has 2 aromatic rings. The number of sulfonamides is 1. The lowest BCUT2D eigenvalue weighted by molar-refractivity contribution is 0.0761. The molecule has 0 saturated carbocycles. The van der Waals surface area contributed by atoms with Crippen LogP contribution in [0.1, 0.15) is 101 Å². The van der Waals surface area contributed by atoms with Crippen LogP contribution in [0.3, 0.4) is 0 Å². The number of hydrogen-bond acceptors (Lipinski definition) is 7. The Hall–Kier alpha value is -3.64. The van der Waals surface area contributed by atoms with Gasteiger partial charge in [-0.25, -0.2) is 23.0 Å². The molecule has 2 N–H and O–H groups in total. The summed E-state index contributed by atoms with van der Waals surface area (Å²) in [6, 6.07) is 10.3. The van der Waals surface area contributed by atoms with Crippen LogP contribution < -0.4 is 4.83 Å². The SMILES string of the molecule is CCOC(=N)c1cccc(CN(NS(=O)(=O)c2c(C(C)C)cc(C(C)C)cc2C(C)C)C(=O)N2CCN(C(=O)OCC)CC2)c1. The first-order valence-corrected chi connectivity index (χ1v) is 17.2. The van der Waals surface area contributed by atoms with Crippen LogP contribution in [0.15, 0.2) is 41.3 Å². The average Bonchev–Trinajstić information content (AvgIpc) is 3.00. The standard InChI is InChI=1S/C33H49N5O6S/c1-9-43-31(34)26-13-11-12-25(18-26)21-38(32(39)36-14-16-37(17-15-36)33(40)44-10-2)35-45(41,42)30-28(23(5)6)19-27(22(3)4)20-29(30)24(7)8/h11-13,18-20,22-24,34-35H,9-10,14-17,21H2,1-8H3. The van der Waals surface area contributed by atoms with Crippen molar-refractivity contribution in [2.45, 2.75) is 84.6 Å². The summed E-state index contributed by atoms with van der Waals surface area (Å²) in [5.41, 5.74) is 3.57. The molecule has 3 amide bonds. The first kappa shape index (κ1) is 35.8. The Morgan fingerprint density at radius 3 is 1.93 bits per heavy atom. The van der Waals surface area contributed by atoms with Crippen molar-refractivity contribution in [2.24, 2.45) is 0 Å². The summed E-state index contributed by atoms with van der Waals surface area (Å²) >= 11 is 0. The van der Waals surface area contributed by atoms with Crippen molar-refractivity contribution >= 4 is 28.0 Å². The molecule has 3 rings (SSSR count). The number of nitrogens with zero attached hydrogens (tertiary/aromatic N) is 3. The number of ether oxygens (including phenoxy) is 2. The fraction of sp³-hybridized carbons (Fsp3) is 0.545. The molecule has 0 unspecified atom stereocenters. The zero-order valence-corrected chi connectivity index (χ0v) is 28.7. The number of hydrazine groups is 1. The molecule has 11 nitrogen and oxygen atoms in total. The van der Waals surface area contributed by atoms with E-state index in [4.69, 9.17) is 14.9 Å². The third-order valence-electron chi connectivity index (χ3n) is 7.70. The van der Waals surface area contributed by atoms with Crippen molar-refractivity contribution in [3.05, 3.63) is 64.2 Å². The molecule has 0 aromatic heterocycles. The van der Waals surface area contributed by atoms with E-state index in [1.807, 2.05) is 39.8 Å². The van der Waals surface area contributed by atoms with E-state index >= 15 is 0 Å². The maximum atomic E-state index is 14.4. The number of amides is 3. The van der Waals surface area contributed by atoms with Gasteiger partial charge in [0.15, 0.2) is 0 Å².